The van der Waals surface area contributed by atoms with Crippen LogP contribution in [-0.4, -0.2) is 5.84 Å². The quantitative estimate of drug-likeness (QED) is 0.204. The van der Waals surface area contributed by atoms with Gasteiger partial charge in [-0.1, -0.05) is 133 Å². The normalized spacial score (nSPS) is 16.7. The van der Waals surface area contributed by atoms with Crippen molar-refractivity contribution in [1.82, 2.24) is 10.6 Å². The van der Waals surface area contributed by atoms with Crippen LogP contribution in [0, 0.1) is 0 Å². The maximum atomic E-state index is 6.23. The lowest BCUT2D eigenvalue weighted by molar-refractivity contribution is 0.411. The number of benzene rings is 7. The molecule has 2 N–H and O–H groups in total. The van der Waals surface area contributed by atoms with Crippen molar-refractivity contribution in [1.29, 1.82) is 0 Å². The van der Waals surface area contributed by atoms with Gasteiger partial charge < -0.3 is 9.73 Å². The van der Waals surface area contributed by atoms with Gasteiger partial charge in [0.15, 0.2) is 0 Å². The molecule has 2 heterocycles. The number of rotatable bonds is 4. The van der Waals surface area contributed by atoms with E-state index in [4.69, 9.17) is 9.41 Å². The largest absolute Gasteiger partial charge is 0.456 e. The first-order valence-electron chi connectivity index (χ1n) is 15.4. The van der Waals surface area contributed by atoms with Crippen molar-refractivity contribution < 1.29 is 4.42 Å². The number of hydrogen-bond donors (Lipinski definition) is 2. The molecule has 9 rings (SSSR count). The van der Waals surface area contributed by atoms with Crippen LogP contribution in [0.5, 0.6) is 0 Å². The zero-order valence-electron chi connectivity index (χ0n) is 24.4. The van der Waals surface area contributed by atoms with Gasteiger partial charge >= 0.3 is 0 Å². The van der Waals surface area contributed by atoms with E-state index in [1.165, 1.54) is 32.7 Å². The number of fused-ring (bicyclic) bond motifs is 6. The maximum absolute atomic E-state index is 6.23. The Labute approximate surface area is 260 Å². The number of furan rings is 1. The molecule has 1 aliphatic heterocycles. The Hall–Kier alpha value is -5.71. The Morgan fingerprint density at radius 3 is 2.04 bits per heavy atom. The van der Waals surface area contributed by atoms with E-state index < -0.39 is 0 Å². The Morgan fingerprint density at radius 2 is 1.20 bits per heavy atom. The van der Waals surface area contributed by atoms with Crippen LogP contribution < -0.4 is 10.6 Å². The summed E-state index contributed by atoms with van der Waals surface area (Å²) in [6, 6.07) is 53.4. The summed E-state index contributed by atoms with van der Waals surface area (Å²) < 4.78 is 6.23. The molecule has 4 nitrogen and oxygen atoms in total. The first kappa shape index (κ1) is 25.8. The fourth-order valence-corrected chi connectivity index (χ4v) is 6.81. The number of hydrogen-bond acceptors (Lipinski definition) is 4. The van der Waals surface area contributed by atoms with Gasteiger partial charge in [-0.3, -0.25) is 5.32 Å². The third kappa shape index (κ3) is 4.38. The van der Waals surface area contributed by atoms with Gasteiger partial charge in [0.2, 0.25) is 0 Å². The molecule has 8 aromatic rings. The number of nitrogens with zero attached hydrogens (tertiary/aromatic N) is 1. The van der Waals surface area contributed by atoms with Crippen molar-refractivity contribution in [3.05, 3.63) is 168 Å². The van der Waals surface area contributed by atoms with E-state index in [0.717, 1.165) is 44.5 Å². The van der Waals surface area contributed by atoms with Crippen LogP contribution in [0.1, 0.15) is 29.0 Å². The van der Waals surface area contributed by atoms with Crippen LogP contribution in [0.2, 0.25) is 0 Å². The van der Waals surface area contributed by atoms with Gasteiger partial charge in [-0.15, -0.1) is 0 Å². The van der Waals surface area contributed by atoms with Crippen molar-refractivity contribution in [3.63, 3.8) is 0 Å². The van der Waals surface area contributed by atoms with Crippen LogP contribution in [0.3, 0.4) is 0 Å². The number of para-hydroxylation sites is 1. The summed E-state index contributed by atoms with van der Waals surface area (Å²) in [6.45, 7) is 0. The molecule has 214 valence electrons. The molecule has 0 radical (unpaired) electrons. The summed E-state index contributed by atoms with van der Waals surface area (Å²) in [6.07, 6.45) is -0.401. The average Bonchev–Trinajstić information content (AvgIpc) is 3.51. The molecule has 2 unspecified atom stereocenters. The van der Waals surface area contributed by atoms with Crippen LogP contribution >= 0.6 is 0 Å². The van der Waals surface area contributed by atoms with Crippen molar-refractivity contribution >= 4 is 49.3 Å². The molecule has 0 spiro atoms. The van der Waals surface area contributed by atoms with Crippen LogP contribution in [0.15, 0.2) is 161 Å². The van der Waals surface area contributed by atoms with Crippen LogP contribution in [0.4, 0.5) is 0 Å². The van der Waals surface area contributed by atoms with E-state index in [9.17, 15) is 0 Å². The lowest BCUT2D eigenvalue weighted by atomic mass is 9.93. The highest BCUT2D eigenvalue weighted by Gasteiger charge is 2.27. The molecular formula is C41H29N3O. The second-order valence-electron chi connectivity index (χ2n) is 11.6. The third-order valence-corrected chi connectivity index (χ3v) is 8.96. The highest BCUT2D eigenvalue weighted by molar-refractivity contribution is 6.14. The highest BCUT2D eigenvalue weighted by Crippen LogP contribution is 2.37. The fraction of sp³-hybridized carbons (Fsp3) is 0.0488. The minimum absolute atomic E-state index is 0.184. The molecule has 7 aromatic carbocycles. The molecule has 4 heteroatoms. The number of amidine groups is 1. The number of aliphatic imine (C=N–C) groups is 1. The first-order chi connectivity index (χ1) is 22.3. The average molecular weight is 580 g/mol. The van der Waals surface area contributed by atoms with Crippen molar-refractivity contribution in [2.75, 3.05) is 0 Å². The second-order valence-corrected chi connectivity index (χ2v) is 11.6. The van der Waals surface area contributed by atoms with E-state index in [0.29, 0.717) is 0 Å². The van der Waals surface area contributed by atoms with E-state index in [1.54, 1.807) is 0 Å². The zero-order chi connectivity index (χ0) is 29.7. The van der Waals surface area contributed by atoms with Crippen LogP contribution in [-0.2, 0) is 0 Å². The fourth-order valence-electron chi connectivity index (χ4n) is 6.81. The summed E-state index contributed by atoms with van der Waals surface area (Å²) in [5.74, 6) is 0.854. The second kappa shape index (κ2) is 10.5. The SMILES string of the molecule is c1ccc(C2N=C(c3ccc(-c4cc5ccccc5c5ccccc45)cc3)NC(c3cccc4oc5ccccc5c34)N2)cc1. The molecule has 0 fully saturated rings. The number of nitrogens with one attached hydrogen (secondary N) is 2. The van der Waals surface area contributed by atoms with Gasteiger partial charge in [0.25, 0.3) is 0 Å². The molecule has 45 heavy (non-hydrogen) atoms. The summed E-state index contributed by atoms with van der Waals surface area (Å²) in [7, 11) is 0. The van der Waals surface area contributed by atoms with Gasteiger partial charge in [0.05, 0.1) is 0 Å². The van der Waals surface area contributed by atoms with Crippen LogP contribution in [0.25, 0.3) is 54.6 Å². The standard InChI is InChI=1S/C41H29N3O/c1-2-11-27(12-3-1)39-42-40(44-41(43-39)34-18-10-20-37-38(34)33-17-8-9-19-36(33)45-37)28-23-21-26(22-24-28)35-25-29-13-4-5-14-30(29)31-15-6-7-16-32(31)35/h1-25,39,41,43H,(H,42,44). The van der Waals surface area contributed by atoms with Gasteiger partial charge in [-0.25, -0.2) is 4.99 Å². The lowest BCUT2D eigenvalue weighted by Crippen LogP contribution is -2.45. The van der Waals surface area contributed by atoms with Gasteiger partial charge in [0.1, 0.15) is 29.3 Å². The molecule has 1 aliphatic rings. The molecule has 0 bridgehead atoms. The molecule has 1 aromatic heterocycles. The first-order valence-corrected chi connectivity index (χ1v) is 15.4. The molecule has 0 amide bonds. The minimum Gasteiger partial charge on any atom is -0.456 e. The summed E-state index contributed by atoms with van der Waals surface area (Å²) >= 11 is 0. The monoisotopic (exact) mass is 579 g/mol. The van der Waals surface area contributed by atoms with Gasteiger partial charge in [0, 0.05) is 21.9 Å². The molecule has 0 saturated heterocycles. The predicted octanol–water partition coefficient (Wildman–Crippen LogP) is 9.90. The summed E-state index contributed by atoms with van der Waals surface area (Å²) in [5.41, 5.74) is 7.47. The van der Waals surface area contributed by atoms with E-state index >= 15 is 0 Å². The smallest absolute Gasteiger partial charge is 0.135 e. The molecule has 0 aliphatic carbocycles. The molecular weight excluding hydrogens is 550 g/mol. The van der Waals surface area contributed by atoms with E-state index in [2.05, 4.69) is 138 Å². The highest BCUT2D eigenvalue weighted by atomic mass is 16.3. The van der Waals surface area contributed by atoms with Gasteiger partial charge in [-0.2, -0.15) is 0 Å². The third-order valence-electron chi connectivity index (χ3n) is 8.96. The lowest BCUT2D eigenvalue weighted by Gasteiger charge is -2.32. The van der Waals surface area contributed by atoms with E-state index in [1.807, 2.05) is 24.3 Å². The minimum atomic E-state index is -0.218. The Balaban J connectivity index is 1.14. The Morgan fingerprint density at radius 1 is 0.533 bits per heavy atom. The van der Waals surface area contributed by atoms with Crippen molar-refractivity contribution in [2.45, 2.75) is 12.3 Å². The topological polar surface area (TPSA) is 49.6 Å². The van der Waals surface area contributed by atoms with E-state index in [-0.39, 0.29) is 12.3 Å². The summed E-state index contributed by atoms with van der Waals surface area (Å²) in [4.78, 5) is 5.19. The zero-order valence-corrected chi connectivity index (χ0v) is 24.4. The molecule has 0 saturated carbocycles. The summed E-state index contributed by atoms with van der Waals surface area (Å²) in [5, 5.41) is 14.8. The Bertz CT molecular complexity index is 2390. The molecule has 2 atom stereocenters. The van der Waals surface area contributed by atoms with Crippen molar-refractivity contribution in [2.24, 2.45) is 4.99 Å². The Kier molecular flexibility index (Phi) is 6.00. The van der Waals surface area contributed by atoms with Gasteiger partial charge in [-0.05, 0) is 56.4 Å². The van der Waals surface area contributed by atoms with Crippen molar-refractivity contribution in [3.8, 4) is 11.1 Å². The predicted molar refractivity (Wildman–Crippen MR) is 185 cm³/mol. The maximum Gasteiger partial charge on any atom is 0.135 e.